The van der Waals surface area contributed by atoms with Crippen molar-refractivity contribution < 1.29 is 17.7 Å². The minimum absolute atomic E-state index is 0.0454. The maximum Gasteiger partial charge on any atom is 0.245 e. The zero-order valence-corrected chi connectivity index (χ0v) is 18.9. The van der Waals surface area contributed by atoms with Crippen LogP contribution in [-0.2, 0) is 21.2 Å². The van der Waals surface area contributed by atoms with Crippen molar-refractivity contribution in [1.82, 2.24) is 19.3 Å². The van der Waals surface area contributed by atoms with Crippen LogP contribution in [0.25, 0.3) is 10.9 Å². The molecule has 1 aliphatic heterocycles. The third-order valence-electron chi connectivity index (χ3n) is 5.55. The first-order chi connectivity index (χ1) is 14.8. The largest absolute Gasteiger partial charge is 0.344 e. The fraction of sp³-hybridized carbons (Fsp3) is 0.381. The minimum Gasteiger partial charge on any atom is -0.344 e. The summed E-state index contributed by atoms with van der Waals surface area (Å²) in [5.41, 5.74) is 2.84. The molecule has 1 aliphatic rings. The number of hydrogen-bond acceptors (Lipinski definition) is 6. The second-order valence-corrected chi connectivity index (χ2v) is 9.90. The summed E-state index contributed by atoms with van der Waals surface area (Å²) in [5, 5.41) is 4.79. The number of para-hydroxylation sites is 1. The molecule has 1 saturated heterocycles. The van der Waals surface area contributed by atoms with Crippen LogP contribution in [0.5, 0.6) is 0 Å². The summed E-state index contributed by atoms with van der Waals surface area (Å²) in [6.45, 7) is 4.86. The van der Waals surface area contributed by atoms with E-state index in [1.54, 1.807) is 30.2 Å². The number of sulfonamides is 1. The van der Waals surface area contributed by atoms with E-state index < -0.39 is 10.0 Å². The maximum atomic E-state index is 13.3. The van der Waals surface area contributed by atoms with Crippen LogP contribution in [0.3, 0.4) is 0 Å². The van der Waals surface area contributed by atoms with Crippen molar-refractivity contribution in [3.05, 3.63) is 52.5 Å². The van der Waals surface area contributed by atoms with E-state index in [0.717, 1.165) is 16.5 Å². The minimum atomic E-state index is -3.71. The van der Waals surface area contributed by atoms with Gasteiger partial charge in [-0.25, -0.2) is 8.42 Å². The van der Waals surface area contributed by atoms with E-state index in [-0.39, 0.29) is 35.5 Å². The highest BCUT2D eigenvalue weighted by atomic mass is 35.5. The molecule has 10 heteroatoms. The molecule has 8 nitrogen and oxygen atoms in total. The molecule has 1 aromatic carbocycles. The number of hydrogen-bond donors (Lipinski definition) is 0. The lowest BCUT2D eigenvalue weighted by molar-refractivity contribution is -0.132. The van der Waals surface area contributed by atoms with Gasteiger partial charge in [-0.05, 0) is 49.6 Å². The van der Waals surface area contributed by atoms with E-state index >= 15 is 0 Å². The number of amides is 1. The highest BCUT2D eigenvalue weighted by molar-refractivity contribution is 7.89. The van der Waals surface area contributed by atoms with Crippen LogP contribution in [0.4, 0.5) is 0 Å². The maximum absolute atomic E-state index is 13.3. The topological polar surface area (TPSA) is 96.6 Å². The van der Waals surface area contributed by atoms with Crippen LogP contribution < -0.4 is 0 Å². The molecule has 31 heavy (non-hydrogen) atoms. The smallest absolute Gasteiger partial charge is 0.245 e. The first kappa shape index (κ1) is 21.7. The number of piperazine rings is 1. The molecule has 4 rings (SSSR count). The number of nitrogens with zero attached hydrogens (tertiary/aromatic N) is 4. The predicted octanol–water partition coefficient (Wildman–Crippen LogP) is 2.96. The van der Waals surface area contributed by atoms with Gasteiger partial charge in [0.05, 0.1) is 11.2 Å². The molecule has 3 aromatic rings. The van der Waals surface area contributed by atoms with E-state index in [2.05, 4.69) is 10.1 Å². The third-order valence-corrected chi connectivity index (χ3v) is 7.77. The van der Waals surface area contributed by atoms with Gasteiger partial charge in [0.25, 0.3) is 0 Å². The van der Waals surface area contributed by atoms with Crippen molar-refractivity contribution in [1.29, 1.82) is 0 Å². The molecular formula is C21H23ClN4O4S. The third kappa shape index (κ3) is 4.30. The van der Waals surface area contributed by atoms with E-state index in [1.807, 2.05) is 19.1 Å². The zero-order valence-electron chi connectivity index (χ0n) is 17.3. The van der Waals surface area contributed by atoms with Gasteiger partial charge < -0.3 is 9.42 Å². The lowest BCUT2D eigenvalue weighted by Crippen LogP contribution is -2.50. The summed E-state index contributed by atoms with van der Waals surface area (Å²) in [6, 6.07) is 7.09. The highest BCUT2D eigenvalue weighted by Gasteiger charge is 2.31. The van der Waals surface area contributed by atoms with E-state index in [1.165, 1.54) is 4.31 Å². The zero-order chi connectivity index (χ0) is 22.2. The summed E-state index contributed by atoms with van der Waals surface area (Å²) in [7, 11) is -3.71. The van der Waals surface area contributed by atoms with Gasteiger partial charge in [0.1, 0.15) is 4.90 Å². The number of rotatable bonds is 5. The van der Waals surface area contributed by atoms with Gasteiger partial charge in [0.2, 0.25) is 21.1 Å². The monoisotopic (exact) mass is 462 g/mol. The first-order valence-electron chi connectivity index (χ1n) is 10.0. The van der Waals surface area contributed by atoms with Gasteiger partial charge in [-0.15, -0.1) is 0 Å². The fourth-order valence-corrected chi connectivity index (χ4v) is 5.65. The number of aromatic nitrogens is 2. The number of carbonyl (C=O) groups excluding carboxylic acids is 1. The summed E-state index contributed by atoms with van der Waals surface area (Å²) in [5.74, 6) is -0.0454. The Hall–Kier alpha value is -2.49. The van der Waals surface area contributed by atoms with Crippen molar-refractivity contribution >= 4 is 38.4 Å². The summed E-state index contributed by atoms with van der Waals surface area (Å²) in [4.78, 5) is 18.8. The van der Waals surface area contributed by atoms with Crippen LogP contribution in [0.1, 0.15) is 23.2 Å². The summed E-state index contributed by atoms with van der Waals surface area (Å²) in [6.07, 6.45) is 2.37. The molecule has 0 bridgehead atoms. The molecule has 3 heterocycles. The Morgan fingerprint density at radius 3 is 2.61 bits per heavy atom. The number of carbonyl (C=O) groups is 1. The van der Waals surface area contributed by atoms with Gasteiger partial charge in [-0.1, -0.05) is 17.3 Å². The Kier molecular flexibility index (Phi) is 6.00. The first-order valence-corrected chi connectivity index (χ1v) is 11.8. The van der Waals surface area contributed by atoms with Crippen LogP contribution in [0.15, 0.2) is 39.9 Å². The Balaban J connectivity index is 1.43. The average molecular weight is 463 g/mol. The second-order valence-electron chi connectivity index (χ2n) is 7.65. The van der Waals surface area contributed by atoms with Gasteiger partial charge in [0.15, 0.2) is 0 Å². The number of pyridine rings is 1. The van der Waals surface area contributed by atoms with Crippen molar-refractivity contribution in [2.75, 3.05) is 26.2 Å². The molecule has 1 amide bonds. The molecular weight excluding hydrogens is 440 g/mol. The normalized spacial score (nSPS) is 15.5. The Morgan fingerprint density at radius 1 is 1.19 bits per heavy atom. The number of fused-ring (bicyclic) bond motifs is 1. The fourth-order valence-electron chi connectivity index (χ4n) is 3.80. The van der Waals surface area contributed by atoms with Crippen molar-refractivity contribution in [3.8, 4) is 0 Å². The van der Waals surface area contributed by atoms with Crippen LogP contribution in [0, 0.1) is 13.8 Å². The highest BCUT2D eigenvalue weighted by Crippen LogP contribution is 2.26. The SMILES string of the molecule is Cc1cnc2c(S(=O)(=O)N3CCN(C(=O)CCc4c(C)noc4Cl)CC3)cccc2c1. The van der Waals surface area contributed by atoms with Crippen molar-refractivity contribution in [3.63, 3.8) is 0 Å². The molecule has 164 valence electrons. The van der Waals surface area contributed by atoms with E-state index in [4.69, 9.17) is 16.1 Å². The molecule has 2 aromatic heterocycles. The Labute approximate surface area is 185 Å². The van der Waals surface area contributed by atoms with E-state index in [0.29, 0.717) is 30.7 Å². The number of benzene rings is 1. The molecule has 0 spiro atoms. The number of aryl methyl sites for hydroxylation is 2. The van der Waals surface area contributed by atoms with Gasteiger partial charge in [-0.2, -0.15) is 4.31 Å². The predicted molar refractivity (Wildman–Crippen MR) is 116 cm³/mol. The molecule has 1 fully saturated rings. The molecule has 0 atom stereocenters. The quantitative estimate of drug-likeness (QED) is 0.578. The average Bonchev–Trinajstić information content (AvgIpc) is 3.08. The van der Waals surface area contributed by atoms with Crippen molar-refractivity contribution in [2.24, 2.45) is 0 Å². The molecule has 0 N–H and O–H groups in total. The molecule has 0 radical (unpaired) electrons. The molecule has 0 saturated carbocycles. The lowest BCUT2D eigenvalue weighted by atomic mass is 10.1. The second kappa shape index (κ2) is 8.57. The Morgan fingerprint density at radius 2 is 1.94 bits per heavy atom. The summed E-state index contributed by atoms with van der Waals surface area (Å²) >= 11 is 5.96. The van der Waals surface area contributed by atoms with Crippen LogP contribution in [-0.4, -0.2) is 59.8 Å². The van der Waals surface area contributed by atoms with Gasteiger partial charge in [0, 0.05) is 49.7 Å². The van der Waals surface area contributed by atoms with Crippen LogP contribution in [0.2, 0.25) is 5.22 Å². The number of halogens is 1. The molecule has 0 unspecified atom stereocenters. The standard InChI is InChI=1S/C21H23ClN4O4S/c1-14-12-16-4-3-5-18(20(16)23-13-14)31(28,29)26-10-8-25(9-11-26)19(27)7-6-17-15(2)24-30-21(17)22/h3-5,12-13H,6-11H2,1-2H3. The van der Waals surface area contributed by atoms with E-state index in [9.17, 15) is 13.2 Å². The molecule has 0 aliphatic carbocycles. The van der Waals surface area contributed by atoms with Crippen LogP contribution >= 0.6 is 11.6 Å². The van der Waals surface area contributed by atoms with Crippen molar-refractivity contribution in [2.45, 2.75) is 31.6 Å². The summed E-state index contributed by atoms with van der Waals surface area (Å²) < 4.78 is 32.9. The van der Waals surface area contributed by atoms with Gasteiger partial charge >= 0.3 is 0 Å². The van der Waals surface area contributed by atoms with Gasteiger partial charge in [-0.3, -0.25) is 9.78 Å². The Bertz CT molecular complexity index is 1210. The lowest BCUT2D eigenvalue weighted by Gasteiger charge is -2.34.